The summed E-state index contributed by atoms with van der Waals surface area (Å²) in [6.45, 7) is 6.60. The van der Waals surface area contributed by atoms with Gasteiger partial charge in [0, 0.05) is 5.69 Å². The first-order valence-electron chi connectivity index (χ1n) is 5.62. The Morgan fingerprint density at radius 3 is 2.69 bits per heavy atom. The van der Waals surface area contributed by atoms with Crippen LogP contribution < -0.4 is 11.1 Å². The van der Waals surface area contributed by atoms with Gasteiger partial charge in [0.05, 0.1) is 5.41 Å². The predicted molar refractivity (Wildman–Crippen MR) is 65.6 cm³/mol. The molecule has 0 fully saturated rings. The van der Waals surface area contributed by atoms with E-state index in [-0.39, 0.29) is 5.91 Å². The van der Waals surface area contributed by atoms with Crippen LogP contribution >= 0.6 is 0 Å². The number of fused-ring (bicyclic) bond motifs is 1. The predicted octanol–water partition coefficient (Wildman–Crippen LogP) is 1.86. The van der Waals surface area contributed by atoms with Crippen LogP contribution in [-0.4, -0.2) is 12.5 Å². The summed E-state index contributed by atoms with van der Waals surface area (Å²) in [5.74, 6) is 0.0710. The summed E-state index contributed by atoms with van der Waals surface area (Å²) in [5, 5.41) is 2.96. The van der Waals surface area contributed by atoms with E-state index in [4.69, 9.17) is 5.73 Å². The highest BCUT2D eigenvalue weighted by Crippen LogP contribution is 2.42. The molecule has 1 aliphatic rings. The molecule has 1 aliphatic heterocycles. The molecule has 1 aromatic rings. The summed E-state index contributed by atoms with van der Waals surface area (Å²) in [7, 11) is 0. The summed E-state index contributed by atoms with van der Waals surface area (Å²) in [4.78, 5) is 12.0. The molecule has 3 heteroatoms. The zero-order chi connectivity index (χ0) is 11.9. The normalized spacial score (nSPS) is 23.1. The van der Waals surface area contributed by atoms with Gasteiger partial charge in [-0.1, -0.05) is 6.07 Å². The molecule has 1 heterocycles. The molecular weight excluding hydrogens is 200 g/mol. The second-order valence-corrected chi connectivity index (χ2v) is 4.83. The standard InChI is InChI=1S/C13H18N2O/c1-8-6-9(2)11-10(7-8)15-12(16)13(11,3)4-5-14/h6-7H,4-5,14H2,1-3H3,(H,15,16). The van der Waals surface area contributed by atoms with Gasteiger partial charge in [-0.3, -0.25) is 4.79 Å². The van der Waals surface area contributed by atoms with Gasteiger partial charge >= 0.3 is 0 Å². The molecule has 1 atom stereocenters. The van der Waals surface area contributed by atoms with Crippen molar-refractivity contribution in [2.75, 3.05) is 11.9 Å². The van der Waals surface area contributed by atoms with Crippen molar-refractivity contribution in [2.45, 2.75) is 32.6 Å². The maximum absolute atomic E-state index is 12.0. The average molecular weight is 218 g/mol. The van der Waals surface area contributed by atoms with Crippen LogP contribution in [0, 0.1) is 13.8 Å². The van der Waals surface area contributed by atoms with E-state index in [1.807, 2.05) is 19.9 Å². The first-order chi connectivity index (χ1) is 7.49. The summed E-state index contributed by atoms with van der Waals surface area (Å²) >= 11 is 0. The lowest BCUT2D eigenvalue weighted by Gasteiger charge is -2.23. The number of amides is 1. The fraction of sp³-hybridized carbons (Fsp3) is 0.462. The largest absolute Gasteiger partial charge is 0.330 e. The van der Waals surface area contributed by atoms with E-state index in [9.17, 15) is 4.79 Å². The second-order valence-electron chi connectivity index (χ2n) is 4.83. The summed E-state index contributed by atoms with van der Waals surface area (Å²) in [5.41, 5.74) is 9.58. The molecule has 86 valence electrons. The van der Waals surface area contributed by atoms with Crippen LogP contribution in [0.2, 0.25) is 0 Å². The molecule has 0 spiro atoms. The third-order valence-corrected chi connectivity index (χ3v) is 3.43. The SMILES string of the molecule is Cc1cc(C)c2c(c1)NC(=O)C2(C)CCN. The Kier molecular flexibility index (Phi) is 2.50. The zero-order valence-electron chi connectivity index (χ0n) is 10.1. The minimum absolute atomic E-state index is 0.0710. The van der Waals surface area contributed by atoms with E-state index in [1.54, 1.807) is 0 Å². The fourth-order valence-corrected chi connectivity index (χ4v) is 2.70. The van der Waals surface area contributed by atoms with Crippen LogP contribution in [0.1, 0.15) is 30.0 Å². The van der Waals surface area contributed by atoms with Gasteiger partial charge < -0.3 is 11.1 Å². The van der Waals surface area contributed by atoms with Crippen molar-refractivity contribution in [2.24, 2.45) is 5.73 Å². The quantitative estimate of drug-likeness (QED) is 0.796. The van der Waals surface area contributed by atoms with E-state index in [2.05, 4.69) is 18.3 Å². The Hall–Kier alpha value is -1.35. The van der Waals surface area contributed by atoms with Crippen LogP contribution in [0.3, 0.4) is 0 Å². The van der Waals surface area contributed by atoms with Crippen LogP contribution in [-0.2, 0) is 10.2 Å². The van der Waals surface area contributed by atoms with Gasteiger partial charge in [0.1, 0.15) is 0 Å². The third kappa shape index (κ3) is 1.43. The van der Waals surface area contributed by atoms with Gasteiger partial charge in [0.2, 0.25) is 5.91 Å². The Morgan fingerprint density at radius 2 is 2.06 bits per heavy atom. The maximum atomic E-state index is 12.0. The van der Waals surface area contributed by atoms with Gasteiger partial charge in [-0.05, 0) is 56.5 Å². The number of nitrogens with two attached hydrogens (primary N) is 1. The van der Waals surface area contributed by atoms with E-state index in [0.717, 1.165) is 11.3 Å². The van der Waals surface area contributed by atoms with Crippen molar-refractivity contribution in [3.63, 3.8) is 0 Å². The van der Waals surface area contributed by atoms with Gasteiger partial charge in [-0.2, -0.15) is 0 Å². The minimum Gasteiger partial charge on any atom is -0.330 e. The number of rotatable bonds is 2. The average Bonchev–Trinajstić information content (AvgIpc) is 2.38. The zero-order valence-corrected chi connectivity index (χ0v) is 10.1. The number of nitrogens with one attached hydrogen (secondary N) is 1. The molecule has 0 aromatic heterocycles. The van der Waals surface area contributed by atoms with Gasteiger partial charge in [0.15, 0.2) is 0 Å². The first kappa shape index (κ1) is 11.1. The molecule has 0 bridgehead atoms. The van der Waals surface area contributed by atoms with E-state index >= 15 is 0 Å². The fourth-order valence-electron chi connectivity index (χ4n) is 2.70. The lowest BCUT2D eigenvalue weighted by atomic mass is 9.78. The molecule has 0 radical (unpaired) electrons. The number of hydrogen-bond acceptors (Lipinski definition) is 2. The smallest absolute Gasteiger partial charge is 0.234 e. The number of hydrogen-bond donors (Lipinski definition) is 2. The van der Waals surface area contributed by atoms with Crippen molar-refractivity contribution in [3.8, 4) is 0 Å². The minimum atomic E-state index is -0.456. The molecular formula is C13H18N2O. The number of carbonyl (C=O) groups is 1. The lowest BCUT2D eigenvalue weighted by Crippen LogP contribution is -2.33. The topological polar surface area (TPSA) is 55.1 Å². The van der Waals surface area contributed by atoms with Crippen molar-refractivity contribution < 1.29 is 4.79 Å². The van der Waals surface area contributed by atoms with Crippen LogP contribution in [0.4, 0.5) is 5.69 Å². The van der Waals surface area contributed by atoms with Crippen LogP contribution in [0.25, 0.3) is 0 Å². The van der Waals surface area contributed by atoms with Crippen LogP contribution in [0.15, 0.2) is 12.1 Å². The summed E-state index contributed by atoms with van der Waals surface area (Å²) in [6.07, 6.45) is 0.690. The molecule has 3 nitrogen and oxygen atoms in total. The highest BCUT2D eigenvalue weighted by molar-refractivity contribution is 6.06. The Balaban J connectivity index is 2.60. The second kappa shape index (κ2) is 3.59. The van der Waals surface area contributed by atoms with Crippen molar-refractivity contribution in [1.82, 2.24) is 0 Å². The maximum Gasteiger partial charge on any atom is 0.234 e. The molecule has 0 aliphatic carbocycles. The summed E-state index contributed by atoms with van der Waals surface area (Å²) in [6, 6.07) is 4.15. The molecule has 1 unspecified atom stereocenters. The Bertz CT molecular complexity index is 453. The van der Waals surface area contributed by atoms with Crippen LogP contribution in [0.5, 0.6) is 0 Å². The number of anilines is 1. The van der Waals surface area contributed by atoms with Crippen molar-refractivity contribution in [1.29, 1.82) is 0 Å². The molecule has 3 N–H and O–H groups in total. The number of carbonyl (C=O) groups excluding carboxylic acids is 1. The number of aryl methyl sites for hydroxylation is 2. The molecule has 0 saturated carbocycles. The lowest BCUT2D eigenvalue weighted by molar-refractivity contribution is -0.120. The third-order valence-electron chi connectivity index (χ3n) is 3.43. The Labute approximate surface area is 96.0 Å². The van der Waals surface area contributed by atoms with Crippen molar-refractivity contribution >= 4 is 11.6 Å². The first-order valence-corrected chi connectivity index (χ1v) is 5.62. The highest BCUT2D eigenvalue weighted by Gasteiger charge is 2.42. The van der Waals surface area contributed by atoms with E-state index in [0.29, 0.717) is 13.0 Å². The molecule has 16 heavy (non-hydrogen) atoms. The summed E-state index contributed by atoms with van der Waals surface area (Å²) < 4.78 is 0. The van der Waals surface area contributed by atoms with Crippen molar-refractivity contribution in [3.05, 3.63) is 28.8 Å². The van der Waals surface area contributed by atoms with Gasteiger partial charge in [0.25, 0.3) is 0 Å². The molecule has 2 rings (SSSR count). The Morgan fingerprint density at radius 1 is 1.38 bits per heavy atom. The highest BCUT2D eigenvalue weighted by atomic mass is 16.2. The van der Waals surface area contributed by atoms with Gasteiger partial charge in [-0.15, -0.1) is 0 Å². The molecule has 1 aromatic carbocycles. The molecule has 0 saturated heterocycles. The number of benzene rings is 1. The van der Waals surface area contributed by atoms with E-state index < -0.39 is 5.41 Å². The monoisotopic (exact) mass is 218 g/mol. The van der Waals surface area contributed by atoms with E-state index in [1.165, 1.54) is 11.1 Å². The molecule has 1 amide bonds. The van der Waals surface area contributed by atoms with Gasteiger partial charge in [-0.25, -0.2) is 0 Å².